The van der Waals surface area contributed by atoms with Gasteiger partial charge in [-0.3, -0.25) is 9.69 Å². The number of fused-ring (bicyclic) bond motifs is 1. The molecule has 4 heterocycles. The molecule has 0 amide bonds. The van der Waals surface area contributed by atoms with Crippen LogP contribution in [0.2, 0.25) is 0 Å². The van der Waals surface area contributed by atoms with Gasteiger partial charge in [-0.1, -0.05) is 26.8 Å². The predicted molar refractivity (Wildman–Crippen MR) is 259 cm³/mol. The van der Waals surface area contributed by atoms with E-state index < -0.39 is 96.0 Å². The number of nitrogens with one attached hydrogen (secondary N) is 2. The van der Waals surface area contributed by atoms with Crippen LogP contribution >= 0.6 is 23.9 Å². The maximum atomic E-state index is 14.6. The van der Waals surface area contributed by atoms with Crippen LogP contribution in [-0.4, -0.2) is 186 Å². The molecule has 1 aromatic heterocycles. The summed E-state index contributed by atoms with van der Waals surface area (Å²) in [4.78, 5) is 18.6. The smallest absolute Gasteiger partial charge is 0.311 e. The number of aliphatic hydroxyl groups is 5. The van der Waals surface area contributed by atoms with Gasteiger partial charge < -0.3 is 69.5 Å². The van der Waals surface area contributed by atoms with Gasteiger partial charge in [0, 0.05) is 51.2 Å². The van der Waals surface area contributed by atoms with Gasteiger partial charge in [0.25, 0.3) is 0 Å². The first kappa shape index (κ1) is 55.6. The van der Waals surface area contributed by atoms with Crippen LogP contribution < -0.4 is 10.6 Å². The zero-order valence-electron chi connectivity index (χ0n) is 41.7. The van der Waals surface area contributed by atoms with E-state index in [-0.39, 0.29) is 37.3 Å². The Morgan fingerprint density at radius 2 is 1.72 bits per heavy atom. The summed E-state index contributed by atoms with van der Waals surface area (Å²) in [5.74, 6) is -2.81. The largest absolute Gasteiger partial charge is 0.459 e. The Kier molecular flexibility index (Phi) is 19.4. The summed E-state index contributed by atoms with van der Waals surface area (Å²) in [6, 6.07) is 4.70. The summed E-state index contributed by atoms with van der Waals surface area (Å²) in [7, 11) is 5.27. The number of cyclic esters (lactones) is 1. The lowest BCUT2D eigenvalue weighted by Gasteiger charge is -2.48. The van der Waals surface area contributed by atoms with Gasteiger partial charge in [0.15, 0.2) is 17.7 Å². The van der Waals surface area contributed by atoms with Gasteiger partial charge in [-0.15, -0.1) is 0 Å². The molecule has 67 heavy (non-hydrogen) atoms. The van der Waals surface area contributed by atoms with Crippen LogP contribution in [0.3, 0.4) is 0 Å². The molecule has 0 unspecified atom stereocenters. The van der Waals surface area contributed by atoms with Crippen LogP contribution in [-0.2, 0) is 33.2 Å². The molecule has 3 aliphatic rings. The summed E-state index contributed by atoms with van der Waals surface area (Å²) >= 11 is 6.76. The highest BCUT2D eigenvalue weighted by atomic mass is 32.1. The van der Waals surface area contributed by atoms with Crippen LogP contribution in [0.25, 0.3) is 11.0 Å². The number of thiocarbonyl (C=S) groups is 1. The van der Waals surface area contributed by atoms with Gasteiger partial charge >= 0.3 is 5.97 Å². The number of hydrogen-bond donors (Lipinski definition) is 7. The van der Waals surface area contributed by atoms with E-state index in [1.165, 1.54) is 14.0 Å². The average Bonchev–Trinajstić information content (AvgIpc) is 3.76. The monoisotopic (exact) mass is 985 g/mol. The van der Waals surface area contributed by atoms with Crippen molar-refractivity contribution in [1.29, 1.82) is 0 Å². The fourth-order valence-corrected chi connectivity index (χ4v) is 11.2. The molecule has 382 valence electrons. The first-order valence-electron chi connectivity index (χ1n) is 23.9. The highest BCUT2D eigenvalue weighted by molar-refractivity contribution is 7.80. The fraction of sp³-hybridized carbons (Fsp3) is 0.830. The van der Waals surface area contributed by atoms with Gasteiger partial charge in [-0.25, -0.2) is 0 Å². The number of esters is 1. The molecular weight excluding hydrogens is 905 g/mol. The third-order valence-electron chi connectivity index (χ3n) is 14.5. The molecule has 0 bridgehead atoms. The number of likely N-dealkylation sites (N-methyl/N-ethyl adjacent to an activating group) is 1. The van der Waals surface area contributed by atoms with Crippen molar-refractivity contribution in [1.82, 2.24) is 23.9 Å². The summed E-state index contributed by atoms with van der Waals surface area (Å²) in [5, 5.41) is 66.9. The first-order valence-corrected chi connectivity index (χ1v) is 25.0. The van der Waals surface area contributed by atoms with Crippen molar-refractivity contribution in [2.75, 3.05) is 46.2 Å². The van der Waals surface area contributed by atoms with Gasteiger partial charge in [-0.2, -0.15) is 8.75 Å². The molecular formula is C47H80N6O12S2. The molecule has 3 saturated heterocycles. The SMILES string of the molecule is CC[C@H]1OC(=O)[C@H](C)[C@@H](O[C@H]2C[C@@](C)(OC)[C@@H](O)[C@H](C)O2)[C@H](C)[C@@H](O[C@@H]2O[C@H](C)C[C@H](N(C)C)[C@H]2O)[C@](C)(O)C[C@@H](C)CN(CCCNC(=S)Nc2cccc3nsnc23)[C@H](C)[C@@H](O)[C@]1(C)O. The summed E-state index contributed by atoms with van der Waals surface area (Å²) < 4.78 is 46.8. The van der Waals surface area contributed by atoms with E-state index in [0.29, 0.717) is 37.6 Å². The number of nitrogens with zero attached hydrogens (tertiary/aromatic N) is 4. The molecule has 7 N–H and O–H groups in total. The number of hydrogen-bond acceptors (Lipinski definition) is 18. The lowest BCUT2D eigenvalue weighted by molar-refractivity contribution is -0.318. The normalized spacial score (nSPS) is 41.1. The molecule has 3 fully saturated rings. The Morgan fingerprint density at radius 1 is 1.01 bits per heavy atom. The van der Waals surface area contributed by atoms with E-state index >= 15 is 0 Å². The molecule has 1 aromatic carbocycles. The fourth-order valence-electron chi connectivity index (χ4n) is 10.5. The minimum Gasteiger partial charge on any atom is -0.459 e. The molecule has 0 saturated carbocycles. The highest BCUT2D eigenvalue weighted by Gasteiger charge is 2.53. The first-order chi connectivity index (χ1) is 31.3. The maximum Gasteiger partial charge on any atom is 0.311 e. The number of aromatic nitrogens is 2. The van der Waals surface area contributed by atoms with Gasteiger partial charge in [-0.05, 0) is 119 Å². The minimum atomic E-state index is -1.90. The Hall–Kier alpha value is -2.28. The zero-order valence-corrected chi connectivity index (χ0v) is 43.4. The predicted octanol–water partition coefficient (Wildman–Crippen LogP) is 3.65. The van der Waals surface area contributed by atoms with Gasteiger partial charge in [0.05, 0.1) is 59.0 Å². The number of rotatable bonds is 12. The molecule has 20 heteroatoms. The molecule has 0 radical (unpaired) electrons. The van der Waals surface area contributed by atoms with Gasteiger partial charge in [0.1, 0.15) is 41.1 Å². The van der Waals surface area contributed by atoms with Crippen molar-refractivity contribution in [3.05, 3.63) is 18.2 Å². The van der Waals surface area contributed by atoms with Crippen molar-refractivity contribution in [2.24, 2.45) is 17.8 Å². The third-order valence-corrected chi connectivity index (χ3v) is 15.3. The second-order valence-corrected chi connectivity index (χ2v) is 21.3. The zero-order chi connectivity index (χ0) is 49.8. The van der Waals surface area contributed by atoms with Crippen molar-refractivity contribution in [3.8, 4) is 0 Å². The molecule has 2 aromatic rings. The van der Waals surface area contributed by atoms with Crippen LogP contribution in [0.4, 0.5) is 5.69 Å². The van der Waals surface area contributed by atoms with Crippen LogP contribution in [0, 0.1) is 17.8 Å². The van der Waals surface area contributed by atoms with Crippen LogP contribution in [0.5, 0.6) is 0 Å². The average molecular weight is 985 g/mol. The van der Waals surface area contributed by atoms with E-state index in [2.05, 4.69) is 24.3 Å². The number of benzene rings is 1. The Labute approximate surface area is 406 Å². The molecule has 5 rings (SSSR count). The summed E-state index contributed by atoms with van der Waals surface area (Å²) in [5.41, 5.74) is -2.35. The number of carbonyl (C=O) groups is 1. The minimum absolute atomic E-state index is 0.107. The number of carbonyl (C=O) groups excluding carboxylic acids is 1. The van der Waals surface area contributed by atoms with Gasteiger partial charge in [0.2, 0.25) is 0 Å². The Bertz CT molecular complexity index is 1910. The van der Waals surface area contributed by atoms with E-state index in [4.69, 9.17) is 40.6 Å². The maximum absolute atomic E-state index is 14.6. The second kappa shape index (κ2) is 23.3. The molecule has 18 nitrogen and oxygen atoms in total. The number of methoxy groups -OCH3 is 1. The topological polar surface area (TPSA) is 230 Å². The van der Waals surface area contributed by atoms with Crippen molar-refractivity contribution in [3.63, 3.8) is 0 Å². The van der Waals surface area contributed by atoms with E-state index in [9.17, 15) is 30.3 Å². The molecule has 3 aliphatic heterocycles. The van der Waals surface area contributed by atoms with Crippen molar-refractivity contribution >= 4 is 51.7 Å². The summed E-state index contributed by atoms with van der Waals surface area (Å²) in [6.45, 7) is 19.0. The van der Waals surface area contributed by atoms with Crippen molar-refractivity contribution in [2.45, 2.75) is 192 Å². The summed E-state index contributed by atoms with van der Waals surface area (Å²) in [6.07, 6.45) is -8.27. The Balaban J connectivity index is 1.49. The standard InChI is InChI=1S/C47H80N6O12S2/c1-14-34-47(10,59)39(55)29(6)53(20-16-19-48-44(66)49-31-17-15-18-32-36(31)51-67-50-32)24-25(2)22-45(8,58)41(65-43-37(54)33(52(11)12)21-26(3)61-43)27(4)38(28(5)42(57)63-34)64-35-23-46(9,60-13)40(56)30(7)62-35/h15,17-18,25-30,33-35,37-41,43,54-56,58-59H,14,16,19-24H2,1-13H3,(H2,48,49,66)/t25-,26-,27+,28-,29-,30+,33+,34-,35+,37-,38+,39-,40+,41-,43+,45-,46-,47-/m1/s1. The number of anilines is 1. The highest BCUT2D eigenvalue weighted by Crippen LogP contribution is 2.40. The molecule has 18 atom stereocenters. The van der Waals surface area contributed by atoms with E-state index in [1.54, 1.807) is 34.6 Å². The number of aliphatic hydroxyl groups excluding tert-OH is 3. The number of ether oxygens (including phenoxy) is 6. The van der Waals surface area contributed by atoms with E-state index in [0.717, 1.165) is 28.4 Å². The Morgan fingerprint density at radius 3 is 2.37 bits per heavy atom. The quantitative estimate of drug-likeness (QED) is 0.0915. The van der Waals surface area contributed by atoms with Crippen LogP contribution in [0.15, 0.2) is 18.2 Å². The lowest BCUT2D eigenvalue weighted by Crippen LogP contribution is -2.60. The van der Waals surface area contributed by atoms with E-state index in [1.807, 2.05) is 64.9 Å². The molecule has 0 aliphatic carbocycles. The molecule has 0 spiro atoms. The lowest BCUT2D eigenvalue weighted by atomic mass is 9.77. The third kappa shape index (κ3) is 13.2. The van der Waals surface area contributed by atoms with Crippen LogP contribution in [0.1, 0.15) is 101 Å². The van der Waals surface area contributed by atoms with Crippen molar-refractivity contribution < 1.29 is 58.7 Å². The second-order valence-electron chi connectivity index (χ2n) is 20.4.